The molecule has 0 amide bonds. The third-order valence-corrected chi connectivity index (χ3v) is 4.84. The maximum Gasteiger partial charge on any atom is 0.525 e. The Labute approximate surface area is 149 Å². The molecule has 2 aromatic rings. The second-order valence-electron chi connectivity index (χ2n) is 6.69. The van der Waals surface area contributed by atoms with Gasteiger partial charge in [-0.15, -0.1) is 5.10 Å². The largest absolute Gasteiger partial charge is 0.525 e. The van der Waals surface area contributed by atoms with Crippen molar-refractivity contribution in [3.63, 3.8) is 0 Å². The Morgan fingerprint density at radius 1 is 1.25 bits per heavy atom. The molecular weight excluding hydrogens is 376 g/mol. The quantitative estimate of drug-likeness (QED) is 0.740. The Hall–Kier alpha value is -1.51. The third-order valence-electron chi connectivity index (χ3n) is 4.35. The maximum atomic E-state index is 14.5. The summed E-state index contributed by atoms with van der Waals surface area (Å²) in [5, 5.41) is 7.99. The molecule has 1 aromatic carbocycles. The Morgan fingerprint density at radius 3 is 2.54 bits per heavy atom. The van der Waals surface area contributed by atoms with E-state index >= 15 is 0 Å². The normalized spacial score (nSPS) is 19.8. The number of aromatic nitrogens is 3. The van der Waals surface area contributed by atoms with Gasteiger partial charge in [-0.1, -0.05) is 27.2 Å². The van der Waals surface area contributed by atoms with Gasteiger partial charge in [-0.25, -0.2) is 9.07 Å². The number of nitrogens with zero attached hydrogens (tertiary/aromatic N) is 3. The summed E-state index contributed by atoms with van der Waals surface area (Å²) in [7, 11) is -1.04. The predicted molar refractivity (Wildman–Crippen MR) is 94.2 cm³/mol. The highest BCUT2D eigenvalue weighted by Crippen LogP contribution is 2.38. The van der Waals surface area contributed by atoms with Crippen LogP contribution in [0.5, 0.6) is 0 Å². The molecule has 1 fully saturated rings. The fourth-order valence-corrected chi connectivity index (χ4v) is 2.64. The molecule has 0 unspecified atom stereocenters. The minimum absolute atomic E-state index is 0.391. The zero-order valence-electron chi connectivity index (χ0n) is 14.0. The fourth-order valence-electron chi connectivity index (χ4n) is 2.25. The molecule has 3 rings (SSSR count). The highest BCUT2D eigenvalue weighted by molar-refractivity contribution is 9.10. The molecule has 2 heterocycles. The lowest BCUT2D eigenvalue weighted by Gasteiger charge is -2.32. The average Bonchev–Trinajstić information content (AvgIpc) is 3.02. The van der Waals surface area contributed by atoms with Crippen LogP contribution in [0.15, 0.2) is 40.7 Å². The minimum atomic E-state index is -1.04. The molecule has 1 aliphatic heterocycles. The third kappa shape index (κ3) is 3.31. The van der Waals surface area contributed by atoms with Gasteiger partial charge >= 0.3 is 7.12 Å². The van der Waals surface area contributed by atoms with Crippen molar-refractivity contribution < 1.29 is 13.7 Å². The van der Waals surface area contributed by atoms with Crippen molar-refractivity contribution >= 4 is 29.1 Å². The molecule has 24 heavy (non-hydrogen) atoms. The van der Waals surface area contributed by atoms with Gasteiger partial charge in [0.15, 0.2) is 0 Å². The van der Waals surface area contributed by atoms with E-state index in [9.17, 15) is 4.39 Å². The number of hydrogen-bond acceptors (Lipinski definition) is 4. The molecule has 8 heteroatoms. The first-order chi connectivity index (χ1) is 11.2. The number of hydrogen-bond donors (Lipinski definition) is 0. The summed E-state index contributed by atoms with van der Waals surface area (Å²) in [5.41, 5.74) is -0.488. The summed E-state index contributed by atoms with van der Waals surface area (Å²) in [4.78, 5) is 0. The van der Waals surface area contributed by atoms with E-state index < -0.39 is 24.0 Å². The molecule has 5 nitrogen and oxygen atoms in total. The first-order valence-corrected chi connectivity index (χ1v) is 8.38. The highest BCUT2D eigenvalue weighted by Gasteiger charge is 2.53. The van der Waals surface area contributed by atoms with E-state index in [1.807, 2.05) is 52.0 Å². The van der Waals surface area contributed by atoms with Crippen molar-refractivity contribution in [1.82, 2.24) is 15.0 Å². The standard InChI is InChI=1S/C16H18BBrFN3O2/c1-15(2)16(3,4)24-17(23-15)14(19)9-12-10-22(21-20-12)13-7-5-6-11(18)8-13/h5-10H,1-4H3. The predicted octanol–water partition coefficient (Wildman–Crippen LogP) is 3.97. The van der Waals surface area contributed by atoms with Crippen molar-refractivity contribution in [2.75, 3.05) is 0 Å². The summed E-state index contributed by atoms with van der Waals surface area (Å²) < 4.78 is 28.3. The van der Waals surface area contributed by atoms with Gasteiger partial charge in [0, 0.05) is 4.47 Å². The van der Waals surface area contributed by atoms with E-state index in [2.05, 4.69) is 26.2 Å². The van der Waals surface area contributed by atoms with E-state index in [4.69, 9.17) is 9.31 Å². The van der Waals surface area contributed by atoms with Crippen molar-refractivity contribution in [2.24, 2.45) is 0 Å². The Morgan fingerprint density at radius 2 is 1.92 bits per heavy atom. The van der Waals surface area contributed by atoms with Gasteiger partial charge in [0.1, 0.15) is 11.4 Å². The fraction of sp³-hybridized carbons (Fsp3) is 0.375. The average molecular weight is 394 g/mol. The smallest absolute Gasteiger partial charge is 0.398 e. The SMILES string of the molecule is CC1(C)OB(C(F)=Cc2cn(-c3cccc(Br)c3)nn2)OC1(C)C. The second-order valence-corrected chi connectivity index (χ2v) is 7.60. The van der Waals surface area contributed by atoms with E-state index in [0.717, 1.165) is 10.2 Å². The van der Waals surface area contributed by atoms with Crippen molar-refractivity contribution in [3.8, 4) is 5.69 Å². The van der Waals surface area contributed by atoms with Gasteiger partial charge in [-0.2, -0.15) is 0 Å². The van der Waals surface area contributed by atoms with E-state index in [1.165, 1.54) is 6.08 Å². The van der Waals surface area contributed by atoms with E-state index in [0.29, 0.717) is 5.69 Å². The zero-order chi connectivity index (χ0) is 17.5. The first-order valence-electron chi connectivity index (χ1n) is 7.59. The Balaban J connectivity index is 1.80. The van der Waals surface area contributed by atoms with Gasteiger partial charge < -0.3 is 9.31 Å². The Bertz CT molecular complexity index is 775. The van der Waals surface area contributed by atoms with Crippen LogP contribution in [0.25, 0.3) is 11.8 Å². The van der Waals surface area contributed by atoms with E-state index in [1.54, 1.807) is 10.9 Å². The number of halogens is 2. The van der Waals surface area contributed by atoms with Crippen LogP contribution in [0.2, 0.25) is 0 Å². The van der Waals surface area contributed by atoms with E-state index in [-0.39, 0.29) is 0 Å². The first kappa shape index (κ1) is 17.3. The lowest BCUT2D eigenvalue weighted by atomic mass is 9.87. The molecule has 1 aliphatic rings. The van der Waals surface area contributed by atoms with Crippen molar-refractivity contribution in [1.29, 1.82) is 0 Å². The van der Waals surface area contributed by atoms with Gasteiger partial charge in [-0.05, 0) is 52.0 Å². The van der Waals surface area contributed by atoms with Crippen LogP contribution < -0.4 is 0 Å². The molecule has 0 saturated carbocycles. The van der Waals surface area contributed by atoms with Crippen LogP contribution in [0.3, 0.4) is 0 Å². The van der Waals surface area contributed by atoms with Crippen molar-refractivity contribution in [3.05, 3.63) is 46.4 Å². The van der Waals surface area contributed by atoms with Crippen LogP contribution in [-0.4, -0.2) is 33.3 Å². The minimum Gasteiger partial charge on any atom is -0.398 e. The monoisotopic (exact) mass is 393 g/mol. The summed E-state index contributed by atoms with van der Waals surface area (Å²) in [6.07, 6.45) is 2.93. The summed E-state index contributed by atoms with van der Waals surface area (Å²) in [5.74, 6) is 0. The summed E-state index contributed by atoms with van der Waals surface area (Å²) in [6.45, 7) is 7.52. The summed E-state index contributed by atoms with van der Waals surface area (Å²) in [6, 6.07) is 7.59. The lowest BCUT2D eigenvalue weighted by Crippen LogP contribution is -2.41. The van der Waals surface area contributed by atoms with Crippen LogP contribution in [-0.2, 0) is 9.31 Å². The molecule has 0 spiro atoms. The summed E-state index contributed by atoms with van der Waals surface area (Å²) >= 11 is 3.41. The molecule has 126 valence electrons. The molecule has 0 radical (unpaired) electrons. The molecule has 1 saturated heterocycles. The second kappa shape index (κ2) is 6.09. The number of rotatable bonds is 3. The molecule has 1 aromatic heterocycles. The molecule has 0 aliphatic carbocycles. The molecule has 0 bridgehead atoms. The molecule has 0 N–H and O–H groups in total. The van der Waals surface area contributed by atoms with Crippen LogP contribution in [0, 0.1) is 0 Å². The lowest BCUT2D eigenvalue weighted by molar-refractivity contribution is 0.00578. The van der Waals surface area contributed by atoms with Crippen molar-refractivity contribution in [2.45, 2.75) is 38.9 Å². The molecular formula is C16H18BBrFN3O2. The van der Waals surface area contributed by atoms with Crippen LogP contribution >= 0.6 is 15.9 Å². The van der Waals surface area contributed by atoms with Gasteiger partial charge in [0.2, 0.25) is 0 Å². The van der Waals surface area contributed by atoms with Gasteiger partial charge in [0.05, 0.1) is 23.1 Å². The zero-order valence-corrected chi connectivity index (χ0v) is 15.5. The maximum absolute atomic E-state index is 14.5. The van der Waals surface area contributed by atoms with Gasteiger partial charge in [0.25, 0.3) is 0 Å². The van der Waals surface area contributed by atoms with Gasteiger partial charge in [-0.3, -0.25) is 0 Å². The number of benzene rings is 1. The van der Waals surface area contributed by atoms with Crippen LogP contribution in [0.1, 0.15) is 33.4 Å². The highest BCUT2D eigenvalue weighted by atomic mass is 79.9. The molecule has 0 atom stereocenters. The topological polar surface area (TPSA) is 49.2 Å². The van der Waals surface area contributed by atoms with Crippen LogP contribution in [0.4, 0.5) is 4.39 Å². The Kier molecular flexibility index (Phi) is 4.40.